The smallest absolute Gasteiger partial charge is 0.344 e. The Morgan fingerprint density at radius 3 is 2.60 bits per heavy atom. The summed E-state index contributed by atoms with van der Waals surface area (Å²) in [6, 6.07) is 14.9. The number of anilines is 1. The van der Waals surface area contributed by atoms with E-state index in [1.54, 1.807) is 17.0 Å². The third-order valence-corrected chi connectivity index (χ3v) is 4.47. The van der Waals surface area contributed by atoms with Crippen molar-refractivity contribution in [2.24, 2.45) is 0 Å². The van der Waals surface area contributed by atoms with Gasteiger partial charge in [-0.1, -0.05) is 34.1 Å². The molecular formula is C19H18BrNO4. The number of para-hydroxylation sites is 1. The zero-order valence-electron chi connectivity index (χ0n) is 13.6. The first-order chi connectivity index (χ1) is 12.1. The number of hydrogen-bond donors (Lipinski definition) is 0. The number of amides is 1. The van der Waals surface area contributed by atoms with Gasteiger partial charge in [0.05, 0.1) is 0 Å². The number of esters is 1. The van der Waals surface area contributed by atoms with E-state index in [-0.39, 0.29) is 19.1 Å². The highest BCUT2D eigenvalue weighted by Gasteiger charge is 2.23. The fourth-order valence-corrected chi connectivity index (χ4v) is 2.99. The van der Waals surface area contributed by atoms with Crippen molar-refractivity contribution in [3.63, 3.8) is 0 Å². The highest BCUT2D eigenvalue weighted by molar-refractivity contribution is 9.10. The van der Waals surface area contributed by atoms with Crippen LogP contribution in [-0.4, -0.2) is 31.6 Å². The van der Waals surface area contributed by atoms with Gasteiger partial charge in [-0.05, 0) is 48.7 Å². The van der Waals surface area contributed by atoms with E-state index in [4.69, 9.17) is 9.47 Å². The molecule has 0 aliphatic carbocycles. The van der Waals surface area contributed by atoms with Crippen LogP contribution in [0.3, 0.4) is 0 Å². The summed E-state index contributed by atoms with van der Waals surface area (Å²) in [4.78, 5) is 25.9. The highest BCUT2D eigenvalue weighted by atomic mass is 79.9. The molecule has 25 heavy (non-hydrogen) atoms. The molecule has 1 heterocycles. The van der Waals surface area contributed by atoms with Gasteiger partial charge in [-0.25, -0.2) is 4.79 Å². The predicted octanol–water partition coefficient (Wildman–Crippen LogP) is 3.35. The third-order valence-electron chi connectivity index (χ3n) is 3.94. The lowest BCUT2D eigenvalue weighted by Gasteiger charge is -2.29. The molecule has 0 bridgehead atoms. The summed E-state index contributed by atoms with van der Waals surface area (Å²) in [5.41, 5.74) is 2.05. The van der Waals surface area contributed by atoms with E-state index in [0.717, 1.165) is 28.6 Å². The number of nitrogens with zero attached hydrogens (tertiary/aromatic N) is 1. The fraction of sp³-hybridized carbons (Fsp3) is 0.263. The van der Waals surface area contributed by atoms with Crippen LogP contribution >= 0.6 is 15.9 Å². The van der Waals surface area contributed by atoms with Crippen LogP contribution in [-0.2, 0) is 20.7 Å². The number of rotatable bonds is 5. The second-order valence-electron chi connectivity index (χ2n) is 5.68. The molecule has 130 valence electrons. The van der Waals surface area contributed by atoms with Crippen molar-refractivity contribution in [3.05, 3.63) is 58.6 Å². The lowest BCUT2D eigenvalue weighted by atomic mass is 10.0. The van der Waals surface area contributed by atoms with Gasteiger partial charge in [0.1, 0.15) is 5.75 Å². The highest BCUT2D eigenvalue weighted by Crippen LogP contribution is 2.26. The summed E-state index contributed by atoms with van der Waals surface area (Å²) in [6.45, 7) is 0.130. The first-order valence-electron chi connectivity index (χ1n) is 8.06. The van der Waals surface area contributed by atoms with Crippen molar-refractivity contribution in [1.29, 1.82) is 0 Å². The molecule has 1 aliphatic heterocycles. The molecule has 0 radical (unpaired) electrons. The van der Waals surface area contributed by atoms with Crippen molar-refractivity contribution in [3.8, 4) is 5.75 Å². The monoisotopic (exact) mass is 403 g/mol. The number of ether oxygens (including phenoxy) is 2. The molecule has 6 heteroatoms. The fourth-order valence-electron chi connectivity index (χ4n) is 2.73. The molecule has 5 nitrogen and oxygen atoms in total. The molecule has 0 saturated heterocycles. The van der Waals surface area contributed by atoms with Gasteiger partial charge >= 0.3 is 5.97 Å². The molecule has 0 unspecified atom stereocenters. The first kappa shape index (κ1) is 17.5. The summed E-state index contributed by atoms with van der Waals surface area (Å²) < 4.78 is 11.3. The van der Waals surface area contributed by atoms with Crippen LogP contribution in [0.15, 0.2) is 53.0 Å². The van der Waals surface area contributed by atoms with Gasteiger partial charge in [0.15, 0.2) is 13.2 Å². The Balaban J connectivity index is 1.49. The molecule has 0 fully saturated rings. The maximum atomic E-state index is 12.4. The Bertz CT molecular complexity index is 760. The predicted molar refractivity (Wildman–Crippen MR) is 97.7 cm³/mol. The molecule has 0 atom stereocenters. The second kappa shape index (κ2) is 8.16. The summed E-state index contributed by atoms with van der Waals surface area (Å²) >= 11 is 3.33. The van der Waals surface area contributed by atoms with Crippen molar-refractivity contribution in [2.75, 3.05) is 24.7 Å². The van der Waals surface area contributed by atoms with Crippen LogP contribution in [0.1, 0.15) is 12.0 Å². The van der Waals surface area contributed by atoms with E-state index in [2.05, 4.69) is 15.9 Å². The zero-order valence-corrected chi connectivity index (χ0v) is 15.2. The van der Waals surface area contributed by atoms with E-state index >= 15 is 0 Å². The van der Waals surface area contributed by atoms with Gasteiger partial charge in [-0.3, -0.25) is 4.79 Å². The number of halogens is 1. The topological polar surface area (TPSA) is 55.8 Å². The maximum absolute atomic E-state index is 12.4. The largest absolute Gasteiger partial charge is 0.482 e. The van der Waals surface area contributed by atoms with Gasteiger partial charge in [-0.2, -0.15) is 0 Å². The average Bonchev–Trinajstić information content (AvgIpc) is 2.65. The van der Waals surface area contributed by atoms with Gasteiger partial charge in [-0.15, -0.1) is 0 Å². The van der Waals surface area contributed by atoms with E-state index < -0.39 is 5.97 Å². The number of carbonyl (C=O) groups is 2. The lowest BCUT2D eigenvalue weighted by molar-refractivity contribution is -0.149. The molecule has 0 spiro atoms. The van der Waals surface area contributed by atoms with E-state index in [9.17, 15) is 9.59 Å². The summed E-state index contributed by atoms with van der Waals surface area (Å²) in [6.07, 6.45) is 1.87. The lowest BCUT2D eigenvalue weighted by Crippen LogP contribution is -2.38. The number of fused-ring (bicyclic) bond motifs is 1. The molecule has 2 aromatic carbocycles. The van der Waals surface area contributed by atoms with Crippen molar-refractivity contribution >= 4 is 33.5 Å². The molecule has 0 N–H and O–H groups in total. The number of aryl methyl sites for hydroxylation is 1. The van der Waals surface area contributed by atoms with Crippen LogP contribution in [0, 0.1) is 0 Å². The van der Waals surface area contributed by atoms with E-state index in [1.807, 2.05) is 36.4 Å². The van der Waals surface area contributed by atoms with Crippen molar-refractivity contribution < 1.29 is 19.1 Å². The number of benzene rings is 2. The van der Waals surface area contributed by atoms with Gasteiger partial charge in [0.25, 0.3) is 5.91 Å². The Labute approximate surface area is 154 Å². The second-order valence-corrected chi connectivity index (χ2v) is 6.60. The van der Waals surface area contributed by atoms with Crippen molar-refractivity contribution in [1.82, 2.24) is 0 Å². The van der Waals surface area contributed by atoms with Crippen molar-refractivity contribution in [2.45, 2.75) is 12.8 Å². The summed E-state index contributed by atoms with van der Waals surface area (Å²) in [7, 11) is 0. The van der Waals surface area contributed by atoms with Crippen LogP contribution < -0.4 is 9.64 Å². The molecule has 0 saturated carbocycles. The third kappa shape index (κ3) is 4.60. The van der Waals surface area contributed by atoms with E-state index in [1.165, 1.54) is 0 Å². The van der Waals surface area contributed by atoms with Gasteiger partial charge in [0.2, 0.25) is 0 Å². The standard InChI is InChI=1S/C19H18BrNO4/c20-15-7-9-16(10-8-15)24-13-19(23)25-12-18(22)21-11-3-5-14-4-1-2-6-17(14)21/h1-2,4,6-10H,3,5,11-13H2. The minimum Gasteiger partial charge on any atom is -0.482 e. The normalized spacial score (nSPS) is 13.1. The maximum Gasteiger partial charge on any atom is 0.344 e. The van der Waals surface area contributed by atoms with Crippen LogP contribution in [0.4, 0.5) is 5.69 Å². The Kier molecular flexibility index (Phi) is 5.71. The zero-order chi connectivity index (χ0) is 17.6. The molecule has 0 aromatic heterocycles. The molecule has 1 aliphatic rings. The number of carbonyl (C=O) groups excluding carboxylic acids is 2. The van der Waals surface area contributed by atoms with Crippen LogP contribution in [0.5, 0.6) is 5.75 Å². The SMILES string of the molecule is O=C(COc1ccc(Br)cc1)OCC(=O)N1CCCc2ccccc21. The number of hydrogen-bond acceptors (Lipinski definition) is 4. The summed E-state index contributed by atoms with van der Waals surface area (Å²) in [5, 5.41) is 0. The Hall–Kier alpha value is -2.34. The van der Waals surface area contributed by atoms with Crippen LogP contribution in [0.25, 0.3) is 0 Å². The van der Waals surface area contributed by atoms with Crippen LogP contribution in [0.2, 0.25) is 0 Å². The minimum atomic E-state index is -0.568. The average molecular weight is 404 g/mol. The first-order valence-corrected chi connectivity index (χ1v) is 8.85. The molecule has 2 aromatic rings. The Morgan fingerprint density at radius 1 is 1.04 bits per heavy atom. The van der Waals surface area contributed by atoms with Gasteiger partial charge in [0, 0.05) is 16.7 Å². The minimum absolute atomic E-state index is 0.218. The summed E-state index contributed by atoms with van der Waals surface area (Å²) in [5.74, 6) is -0.220. The Morgan fingerprint density at radius 2 is 1.80 bits per heavy atom. The molecule has 3 rings (SSSR count). The van der Waals surface area contributed by atoms with E-state index in [0.29, 0.717) is 12.3 Å². The van der Waals surface area contributed by atoms with Gasteiger partial charge < -0.3 is 14.4 Å². The molecular weight excluding hydrogens is 386 g/mol. The molecule has 1 amide bonds. The quantitative estimate of drug-likeness (QED) is 0.718.